The first-order valence-corrected chi connectivity index (χ1v) is 10.0. The lowest BCUT2D eigenvalue weighted by Gasteiger charge is -2.18. The summed E-state index contributed by atoms with van der Waals surface area (Å²) in [4.78, 5) is 18.4. The van der Waals surface area contributed by atoms with Gasteiger partial charge in [0.05, 0.1) is 6.54 Å². The third-order valence-electron chi connectivity index (χ3n) is 4.82. The van der Waals surface area contributed by atoms with Gasteiger partial charge in [-0.1, -0.05) is 73.9 Å². The second-order valence-corrected chi connectivity index (χ2v) is 8.65. The fourth-order valence-electron chi connectivity index (χ4n) is 2.94. The zero-order valence-electron chi connectivity index (χ0n) is 17.3. The number of amides is 1. The largest absolute Gasteiger partial charge is 0.337 e. The normalized spacial score (nSPS) is 11.5. The van der Waals surface area contributed by atoms with Gasteiger partial charge in [0.1, 0.15) is 0 Å². The molecule has 5 nitrogen and oxygen atoms in total. The van der Waals surface area contributed by atoms with E-state index in [1.807, 2.05) is 36.4 Å². The van der Waals surface area contributed by atoms with Gasteiger partial charge in [0.15, 0.2) is 0 Å². The quantitative estimate of drug-likeness (QED) is 0.553. The number of benzene rings is 2. The maximum absolute atomic E-state index is 12.4. The minimum atomic E-state index is 0.0224. The van der Waals surface area contributed by atoms with Crippen LogP contribution in [0.3, 0.4) is 0 Å². The molecule has 0 radical (unpaired) electrons. The van der Waals surface area contributed by atoms with E-state index in [2.05, 4.69) is 43.0 Å². The molecule has 0 unspecified atom stereocenters. The number of rotatable bonds is 6. The van der Waals surface area contributed by atoms with Crippen molar-refractivity contribution in [3.8, 4) is 11.4 Å². The van der Waals surface area contributed by atoms with Crippen LogP contribution in [0.5, 0.6) is 0 Å². The highest BCUT2D eigenvalue weighted by atomic mass is 35.5. The van der Waals surface area contributed by atoms with E-state index >= 15 is 0 Å². The van der Waals surface area contributed by atoms with Crippen LogP contribution in [0.2, 0.25) is 5.02 Å². The van der Waals surface area contributed by atoms with Crippen LogP contribution in [0, 0.1) is 0 Å². The lowest BCUT2D eigenvalue weighted by Crippen LogP contribution is -2.26. The number of aryl methyl sites for hydroxylation is 1. The Balaban J connectivity index is 1.57. The van der Waals surface area contributed by atoms with Crippen molar-refractivity contribution in [2.24, 2.45) is 0 Å². The molecule has 6 heteroatoms. The monoisotopic (exact) mass is 411 g/mol. The third-order valence-corrected chi connectivity index (χ3v) is 5.07. The lowest BCUT2D eigenvalue weighted by molar-refractivity contribution is -0.130. The van der Waals surface area contributed by atoms with E-state index in [1.165, 1.54) is 5.56 Å². The fourth-order valence-corrected chi connectivity index (χ4v) is 3.07. The van der Waals surface area contributed by atoms with Crippen LogP contribution in [0.15, 0.2) is 53.1 Å². The van der Waals surface area contributed by atoms with Crippen molar-refractivity contribution in [2.45, 2.75) is 45.6 Å². The molecule has 0 saturated heterocycles. The van der Waals surface area contributed by atoms with Crippen LogP contribution < -0.4 is 0 Å². The van der Waals surface area contributed by atoms with Crippen LogP contribution in [0.4, 0.5) is 0 Å². The summed E-state index contributed by atoms with van der Waals surface area (Å²) in [6.07, 6.45) is 1.07. The van der Waals surface area contributed by atoms with E-state index in [0.29, 0.717) is 29.6 Å². The Morgan fingerprint density at radius 1 is 1.07 bits per heavy atom. The number of halogens is 1. The highest BCUT2D eigenvalue weighted by Crippen LogP contribution is 2.25. The zero-order chi connectivity index (χ0) is 21.0. The Kier molecular flexibility index (Phi) is 6.38. The fraction of sp³-hybridized carbons (Fsp3) is 0.348. The molecule has 3 rings (SSSR count). The van der Waals surface area contributed by atoms with Gasteiger partial charge < -0.3 is 9.42 Å². The SMILES string of the molecule is CN(Cc1nc(-c2ccc(C(C)(C)C)cc2)no1)C(=O)CCc1ccc(Cl)cc1. The first-order valence-electron chi connectivity index (χ1n) is 9.64. The van der Waals surface area contributed by atoms with Crippen molar-refractivity contribution >= 4 is 17.5 Å². The minimum absolute atomic E-state index is 0.0224. The molecule has 0 aliphatic rings. The van der Waals surface area contributed by atoms with Gasteiger partial charge in [-0.3, -0.25) is 4.79 Å². The molecular weight excluding hydrogens is 386 g/mol. The average molecular weight is 412 g/mol. The van der Waals surface area contributed by atoms with Gasteiger partial charge in [-0.15, -0.1) is 0 Å². The lowest BCUT2D eigenvalue weighted by atomic mass is 9.87. The van der Waals surface area contributed by atoms with E-state index in [-0.39, 0.29) is 17.9 Å². The summed E-state index contributed by atoms with van der Waals surface area (Å²) in [6.45, 7) is 6.81. The molecule has 1 heterocycles. The Hall–Kier alpha value is -2.66. The zero-order valence-corrected chi connectivity index (χ0v) is 18.0. The molecule has 0 saturated carbocycles. The first kappa shape index (κ1) is 21.1. The Morgan fingerprint density at radius 3 is 2.34 bits per heavy atom. The Labute approximate surface area is 176 Å². The van der Waals surface area contributed by atoms with E-state index in [0.717, 1.165) is 11.1 Å². The number of hydrogen-bond donors (Lipinski definition) is 0. The molecule has 0 spiro atoms. The number of carbonyl (C=O) groups is 1. The standard InChI is InChI=1S/C23H26ClN3O2/c1-23(2,3)18-10-8-17(9-11-18)22-25-20(29-26-22)15-27(4)21(28)14-7-16-5-12-19(24)13-6-16/h5-6,8-13H,7,14-15H2,1-4H3. The third kappa shape index (κ3) is 5.67. The summed E-state index contributed by atoms with van der Waals surface area (Å²) < 4.78 is 5.34. The molecule has 0 aliphatic heterocycles. The first-order chi connectivity index (χ1) is 13.7. The van der Waals surface area contributed by atoms with Crippen molar-refractivity contribution in [1.82, 2.24) is 15.0 Å². The topological polar surface area (TPSA) is 59.2 Å². The summed E-state index contributed by atoms with van der Waals surface area (Å²) in [5.74, 6) is 0.971. The highest BCUT2D eigenvalue weighted by Gasteiger charge is 2.16. The molecule has 0 N–H and O–H groups in total. The molecule has 0 atom stereocenters. The molecule has 3 aromatic rings. The summed E-state index contributed by atoms with van der Waals surface area (Å²) in [7, 11) is 1.74. The molecule has 1 aromatic heterocycles. The molecular formula is C23H26ClN3O2. The summed E-state index contributed by atoms with van der Waals surface area (Å²) in [5, 5.41) is 4.75. The predicted molar refractivity (Wildman–Crippen MR) is 115 cm³/mol. The van der Waals surface area contributed by atoms with Crippen LogP contribution in [-0.2, 0) is 23.2 Å². The van der Waals surface area contributed by atoms with Gasteiger partial charge in [-0.05, 0) is 35.1 Å². The van der Waals surface area contributed by atoms with Crippen molar-refractivity contribution < 1.29 is 9.32 Å². The molecule has 0 aliphatic carbocycles. The van der Waals surface area contributed by atoms with E-state index in [1.54, 1.807) is 11.9 Å². The van der Waals surface area contributed by atoms with E-state index < -0.39 is 0 Å². The molecule has 0 fully saturated rings. The van der Waals surface area contributed by atoms with Gasteiger partial charge in [0, 0.05) is 24.1 Å². The highest BCUT2D eigenvalue weighted by molar-refractivity contribution is 6.30. The van der Waals surface area contributed by atoms with Crippen molar-refractivity contribution in [3.05, 3.63) is 70.6 Å². The Morgan fingerprint density at radius 2 is 1.72 bits per heavy atom. The van der Waals surface area contributed by atoms with Gasteiger partial charge in [0.25, 0.3) is 0 Å². The van der Waals surface area contributed by atoms with Crippen LogP contribution >= 0.6 is 11.6 Å². The summed E-state index contributed by atoms with van der Waals surface area (Å²) in [5.41, 5.74) is 3.31. The number of hydrogen-bond acceptors (Lipinski definition) is 4. The smallest absolute Gasteiger partial charge is 0.246 e. The number of nitrogens with zero attached hydrogens (tertiary/aromatic N) is 3. The van der Waals surface area contributed by atoms with Crippen molar-refractivity contribution in [1.29, 1.82) is 0 Å². The summed E-state index contributed by atoms with van der Waals surface area (Å²) >= 11 is 5.89. The number of aromatic nitrogens is 2. The van der Waals surface area contributed by atoms with Crippen LogP contribution in [0.1, 0.15) is 44.2 Å². The van der Waals surface area contributed by atoms with Crippen molar-refractivity contribution in [3.63, 3.8) is 0 Å². The number of carbonyl (C=O) groups excluding carboxylic acids is 1. The van der Waals surface area contributed by atoms with Gasteiger partial charge in [-0.25, -0.2) is 0 Å². The van der Waals surface area contributed by atoms with Gasteiger partial charge in [0.2, 0.25) is 17.6 Å². The van der Waals surface area contributed by atoms with Crippen molar-refractivity contribution in [2.75, 3.05) is 7.05 Å². The molecule has 2 aromatic carbocycles. The van der Waals surface area contributed by atoms with Gasteiger partial charge in [-0.2, -0.15) is 4.98 Å². The molecule has 0 bridgehead atoms. The minimum Gasteiger partial charge on any atom is -0.337 e. The average Bonchev–Trinajstić information content (AvgIpc) is 3.15. The maximum atomic E-state index is 12.4. The Bertz CT molecular complexity index is 957. The van der Waals surface area contributed by atoms with E-state index in [4.69, 9.17) is 16.1 Å². The molecule has 1 amide bonds. The molecule has 152 valence electrons. The van der Waals surface area contributed by atoms with Crippen LogP contribution in [-0.4, -0.2) is 28.0 Å². The molecule has 29 heavy (non-hydrogen) atoms. The van der Waals surface area contributed by atoms with Gasteiger partial charge >= 0.3 is 0 Å². The summed E-state index contributed by atoms with van der Waals surface area (Å²) in [6, 6.07) is 15.7. The second kappa shape index (κ2) is 8.78. The van der Waals surface area contributed by atoms with E-state index in [9.17, 15) is 4.79 Å². The maximum Gasteiger partial charge on any atom is 0.246 e. The second-order valence-electron chi connectivity index (χ2n) is 8.22. The van der Waals surface area contributed by atoms with Crippen LogP contribution in [0.25, 0.3) is 11.4 Å². The predicted octanol–water partition coefficient (Wildman–Crippen LogP) is 5.28.